The first-order valence-corrected chi connectivity index (χ1v) is 9.38. The van der Waals surface area contributed by atoms with Crippen LogP contribution in [0.5, 0.6) is 0 Å². The van der Waals surface area contributed by atoms with E-state index in [-0.39, 0.29) is 5.97 Å². The van der Waals surface area contributed by atoms with Crippen molar-refractivity contribution in [2.45, 2.75) is 12.8 Å². The Morgan fingerprint density at radius 1 is 1.00 bits per heavy atom. The van der Waals surface area contributed by atoms with Gasteiger partial charge in [-0.1, -0.05) is 30.3 Å². The molecule has 0 amide bonds. The highest BCUT2D eigenvalue weighted by atomic mass is 16.5. The third-order valence-corrected chi connectivity index (χ3v) is 4.77. The second-order valence-electron chi connectivity index (χ2n) is 6.69. The maximum atomic E-state index is 11.6. The van der Waals surface area contributed by atoms with E-state index in [9.17, 15) is 4.79 Å². The number of nitrogens with zero attached hydrogens (tertiary/aromatic N) is 3. The van der Waals surface area contributed by atoms with E-state index < -0.39 is 0 Å². The molecule has 4 rings (SSSR count). The van der Waals surface area contributed by atoms with Crippen LogP contribution in [-0.4, -0.2) is 36.1 Å². The molecule has 1 aliphatic rings. The van der Waals surface area contributed by atoms with Crippen molar-refractivity contribution >= 4 is 23.4 Å². The zero-order valence-corrected chi connectivity index (χ0v) is 15.8. The molecule has 0 aliphatic carbocycles. The van der Waals surface area contributed by atoms with E-state index in [0.29, 0.717) is 11.5 Å². The van der Waals surface area contributed by atoms with Gasteiger partial charge in [-0.05, 0) is 37.1 Å². The molecule has 0 bridgehead atoms. The van der Waals surface area contributed by atoms with Crippen LogP contribution in [0.4, 0.5) is 17.5 Å². The number of carbonyl (C=O) groups is 1. The molecule has 1 saturated heterocycles. The Labute approximate surface area is 164 Å². The van der Waals surface area contributed by atoms with Crippen molar-refractivity contribution in [3.05, 3.63) is 66.2 Å². The summed E-state index contributed by atoms with van der Waals surface area (Å²) in [5.74, 6) is 1.11. The largest absolute Gasteiger partial charge is 0.465 e. The molecule has 0 unspecified atom stereocenters. The minimum absolute atomic E-state index is 0.356. The van der Waals surface area contributed by atoms with E-state index in [4.69, 9.17) is 14.7 Å². The van der Waals surface area contributed by atoms with E-state index in [1.807, 2.05) is 48.5 Å². The van der Waals surface area contributed by atoms with Crippen molar-refractivity contribution in [1.82, 2.24) is 9.97 Å². The predicted octanol–water partition coefficient (Wildman–Crippen LogP) is 4.27. The smallest absolute Gasteiger partial charge is 0.337 e. The minimum atomic E-state index is -0.356. The fraction of sp³-hybridized carbons (Fsp3) is 0.227. The Hall–Kier alpha value is -3.41. The summed E-state index contributed by atoms with van der Waals surface area (Å²) >= 11 is 0. The fourth-order valence-electron chi connectivity index (χ4n) is 3.29. The molecule has 0 spiro atoms. The second kappa shape index (κ2) is 8.08. The lowest BCUT2D eigenvalue weighted by Crippen LogP contribution is -2.19. The lowest BCUT2D eigenvalue weighted by molar-refractivity contribution is 0.0601. The summed E-state index contributed by atoms with van der Waals surface area (Å²) in [6, 6.07) is 19.2. The van der Waals surface area contributed by atoms with Crippen molar-refractivity contribution in [2.24, 2.45) is 0 Å². The molecule has 2 aromatic carbocycles. The topological polar surface area (TPSA) is 67.3 Å². The maximum absolute atomic E-state index is 11.6. The fourth-order valence-corrected chi connectivity index (χ4v) is 3.29. The molecule has 3 aromatic rings. The Balaban J connectivity index is 1.65. The first kappa shape index (κ1) is 18.0. The Bertz CT molecular complexity index is 952. The molecule has 6 heteroatoms. The molecule has 142 valence electrons. The molecule has 1 aliphatic heterocycles. The predicted molar refractivity (Wildman–Crippen MR) is 110 cm³/mol. The number of rotatable bonds is 5. The summed E-state index contributed by atoms with van der Waals surface area (Å²) < 4.78 is 4.74. The van der Waals surface area contributed by atoms with Gasteiger partial charge >= 0.3 is 5.97 Å². The molecule has 1 N–H and O–H groups in total. The Morgan fingerprint density at radius 3 is 2.39 bits per heavy atom. The highest BCUT2D eigenvalue weighted by molar-refractivity contribution is 5.89. The highest BCUT2D eigenvalue weighted by Crippen LogP contribution is 2.27. The number of methoxy groups -OCH3 is 1. The van der Waals surface area contributed by atoms with Crippen LogP contribution in [0.3, 0.4) is 0 Å². The molecular formula is C22H22N4O2. The molecular weight excluding hydrogens is 352 g/mol. The summed E-state index contributed by atoms with van der Waals surface area (Å²) in [7, 11) is 1.37. The van der Waals surface area contributed by atoms with E-state index in [1.165, 1.54) is 20.0 Å². The van der Waals surface area contributed by atoms with Gasteiger partial charge in [-0.2, -0.15) is 4.98 Å². The van der Waals surface area contributed by atoms with Crippen LogP contribution in [0.25, 0.3) is 11.3 Å². The number of ether oxygens (including phenoxy) is 1. The lowest BCUT2D eigenvalue weighted by atomic mass is 10.1. The van der Waals surface area contributed by atoms with Crippen LogP contribution in [-0.2, 0) is 4.74 Å². The van der Waals surface area contributed by atoms with Crippen LogP contribution in [0.15, 0.2) is 60.7 Å². The van der Waals surface area contributed by atoms with Gasteiger partial charge in [-0.15, -0.1) is 0 Å². The van der Waals surface area contributed by atoms with Gasteiger partial charge in [0.25, 0.3) is 0 Å². The van der Waals surface area contributed by atoms with Crippen LogP contribution in [0.2, 0.25) is 0 Å². The SMILES string of the molecule is COC(=O)c1ccc(Nc2nc(-c3ccccc3)cc(N3CCCC3)n2)cc1. The van der Waals surface area contributed by atoms with Gasteiger partial charge in [0, 0.05) is 30.4 Å². The summed E-state index contributed by atoms with van der Waals surface area (Å²) in [6.45, 7) is 2.02. The first-order valence-electron chi connectivity index (χ1n) is 9.38. The van der Waals surface area contributed by atoms with Gasteiger partial charge in [0.05, 0.1) is 18.4 Å². The Morgan fingerprint density at radius 2 is 1.71 bits per heavy atom. The highest BCUT2D eigenvalue weighted by Gasteiger charge is 2.16. The summed E-state index contributed by atoms with van der Waals surface area (Å²) in [6.07, 6.45) is 2.37. The van der Waals surface area contributed by atoms with Crippen molar-refractivity contribution in [2.75, 3.05) is 30.4 Å². The number of aromatic nitrogens is 2. The zero-order chi connectivity index (χ0) is 19.3. The average Bonchev–Trinajstić information content (AvgIpc) is 3.29. The molecule has 2 heterocycles. The monoisotopic (exact) mass is 374 g/mol. The molecule has 0 atom stereocenters. The lowest BCUT2D eigenvalue weighted by Gasteiger charge is -2.18. The standard InChI is InChI=1S/C22H22N4O2/c1-28-21(27)17-9-11-18(12-10-17)23-22-24-19(16-7-3-2-4-8-16)15-20(25-22)26-13-5-6-14-26/h2-4,7-12,15H,5-6,13-14H2,1H3,(H,23,24,25). The van der Waals surface area contributed by atoms with Crippen LogP contribution < -0.4 is 10.2 Å². The third kappa shape index (κ3) is 3.96. The number of benzene rings is 2. The number of hydrogen-bond donors (Lipinski definition) is 1. The van der Waals surface area contributed by atoms with Gasteiger partial charge in [0.2, 0.25) is 5.95 Å². The maximum Gasteiger partial charge on any atom is 0.337 e. The van der Waals surface area contributed by atoms with E-state index in [0.717, 1.165) is 35.9 Å². The van der Waals surface area contributed by atoms with Gasteiger partial charge in [0.15, 0.2) is 0 Å². The minimum Gasteiger partial charge on any atom is -0.465 e. The molecule has 1 fully saturated rings. The van der Waals surface area contributed by atoms with Crippen LogP contribution in [0, 0.1) is 0 Å². The molecule has 1 aromatic heterocycles. The zero-order valence-electron chi connectivity index (χ0n) is 15.8. The van der Waals surface area contributed by atoms with Crippen LogP contribution in [0.1, 0.15) is 23.2 Å². The molecule has 0 saturated carbocycles. The number of hydrogen-bond acceptors (Lipinski definition) is 6. The molecule has 0 radical (unpaired) electrons. The van der Waals surface area contributed by atoms with Crippen molar-refractivity contribution in [1.29, 1.82) is 0 Å². The van der Waals surface area contributed by atoms with E-state index >= 15 is 0 Å². The normalized spacial score (nSPS) is 13.4. The number of nitrogens with one attached hydrogen (secondary N) is 1. The second-order valence-corrected chi connectivity index (χ2v) is 6.69. The quantitative estimate of drug-likeness (QED) is 0.673. The number of anilines is 3. The van der Waals surface area contributed by atoms with Gasteiger partial charge in [-0.3, -0.25) is 0 Å². The van der Waals surface area contributed by atoms with Crippen molar-refractivity contribution in [3.63, 3.8) is 0 Å². The summed E-state index contributed by atoms with van der Waals surface area (Å²) in [5, 5.41) is 3.26. The van der Waals surface area contributed by atoms with Gasteiger partial charge < -0.3 is 15.0 Å². The molecule has 6 nitrogen and oxygen atoms in total. The third-order valence-electron chi connectivity index (χ3n) is 4.77. The average molecular weight is 374 g/mol. The summed E-state index contributed by atoms with van der Waals surface area (Å²) in [5.41, 5.74) is 3.25. The van der Waals surface area contributed by atoms with E-state index in [1.54, 1.807) is 12.1 Å². The van der Waals surface area contributed by atoms with E-state index in [2.05, 4.69) is 10.2 Å². The first-order chi connectivity index (χ1) is 13.7. The Kier molecular flexibility index (Phi) is 5.19. The van der Waals surface area contributed by atoms with Gasteiger partial charge in [0.1, 0.15) is 5.82 Å². The molecule has 28 heavy (non-hydrogen) atoms. The number of carbonyl (C=O) groups excluding carboxylic acids is 1. The van der Waals surface area contributed by atoms with Gasteiger partial charge in [-0.25, -0.2) is 9.78 Å². The number of esters is 1. The van der Waals surface area contributed by atoms with Crippen molar-refractivity contribution in [3.8, 4) is 11.3 Å². The summed E-state index contributed by atoms with van der Waals surface area (Å²) in [4.78, 5) is 23.3. The van der Waals surface area contributed by atoms with Crippen LogP contribution >= 0.6 is 0 Å². The van der Waals surface area contributed by atoms with Crippen molar-refractivity contribution < 1.29 is 9.53 Å².